The third-order valence-electron chi connectivity index (χ3n) is 1.82. The molecule has 0 aliphatic carbocycles. The van der Waals surface area contributed by atoms with Crippen LogP contribution in [-0.2, 0) is 20.2 Å². The van der Waals surface area contributed by atoms with Gasteiger partial charge in [0, 0.05) is 0 Å². The molecule has 0 amide bonds. The van der Waals surface area contributed by atoms with Crippen molar-refractivity contribution < 1.29 is 25.9 Å². The van der Waals surface area contributed by atoms with Gasteiger partial charge in [0.2, 0.25) is 0 Å². The minimum absolute atomic E-state index is 0.157. The van der Waals surface area contributed by atoms with Crippen LogP contribution in [0.3, 0.4) is 0 Å². The molecule has 0 fully saturated rings. The van der Waals surface area contributed by atoms with Crippen molar-refractivity contribution in [2.24, 2.45) is 0 Å². The Morgan fingerprint density at radius 1 is 1.20 bits per heavy atom. The van der Waals surface area contributed by atoms with Crippen molar-refractivity contribution in [3.05, 3.63) is 6.42 Å². The van der Waals surface area contributed by atoms with E-state index < -0.39 is 25.5 Å². The van der Waals surface area contributed by atoms with Crippen LogP contribution >= 0.6 is 0 Å². The van der Waals surface area contributed by atoms with Crippen molar-refractivity contribution >= 4 is 20.2 Å². The highest BCUT2D eigenvalue weighted by atomic mass is 32.2. The second kappa shape index (κ2) is 5.78. The SMILES string of the molecule is CC(C[CH]CCCS(=O)(=O)O)S(=O)(=O)O. The van der Waals surface area contributed by atoms with E-state index in [1.54, 1.807) is 6.42 Å². The molecule has 8 heteroatoms. The standard InChI is InChI=1S/C7H15O6S2/c1-7(15(11,12)13)5-3-2-4-6-14(8,9)10/h3,7H,2,4-6H2,1H3,(H,8,9,10)(H,11,12,13). The molecule has 0 heterocycles. The number of rotatable bonds is 7. The van der Waals surface area contributed by atoms with E-state index >= 15 is 0 Å². The summed E-state index contributed by atoms with van der Waals surface area (Å²) in [6.45, 7) is 1.36. The van der Waals surface area contributed by atoms with Crippen molar-refractivity contribution in [2.75, 3.05) is 5.75 Å². The quantitative estimate of drug-likeness (QED) is 0.510. The first-order valence-corrected chi connectivity index (χ1v) is 7.47. The summed E-state index contributed by atoms with van der Waals surface area (Å²) in [5, 5.41) is -0.886. The molecule has 0 rings (SSSR count). The van der Waals surface area contributed by atoms with E-state index in [0.717, 1.165) is 0 Å². The van der Waals surface area contributed by atoms with Crippen molar-refractivity contribution in [3.63, 3.8) is 0 Å². The Morgan fingerprint density at radius 2 is 1.73 bits per heavy atom. The first kappa shape index (κ1) is 14.8. The number of hydrogen-bond donors (Lipinski definition) is 2. The summed E-state index contributed by atoms with van der Waals surface area (Å²) in [5.41, 5.74) is 0. The van der Waals surface area contributed by atoms with Crippen LogP contribution < -0.4 is 0 Å². The molecule has 0 aromatic carbocycles. The van der Waals surface area contributed by atoms with Crippen LogP contribution in [0, 0.1) is 6.42 Å². The summed E-state index contributed by atoms with van der Waals surface area (Å²) in [6.07, 6.45) is 2.34. The molecule has 1 atom stereocenters. The van der Waals surface area contributed by atoms with Gasteiger partial charge in [-0.1, -0.05) is 0 Å². The highest BCUT2D eigenvalue weighted by Crippen LogP contribution is 2.09. The summed E-state index contributed by atoms with van der Waals surface area (Å²) in [7, 11) is -7.96. The molecular weight excluding hydrogens is 244 g/mol. The third kappa shape index (κ3) is 8.79. The van der Waals surface area contributed by atoms with Crippen molar-refractivity contribution in [1.29, 1.82) is 0 Å². The lowest BCUT2D eigenvalue weighted by Gasteiger charge is -2.06. The number of unbranched alkanes of at least 4 members (excludes halogenated alkanes) is 2. The second-order valence-corrected chi connectivity index (χ2v) is 6.68. The van der Waals surface area contributed by atoms with Crippen LogP contribution in [0.25, 0.3) is 0 Å². The highest BCUT2D eigenvalue weighted by molar-refractivity contribution is 7.86. The largest absolute Gasteiger partial charge is 0.286 e. The smallest absolute Gasteiger partial charge is 0.267 e. The van der Waals surface area contributed by atoms with E-state index in [0.29, 0.717) is 6.42 Å². The summed E-state index contributed by atoms with van der Waals surface area (Å²) < 4.78 is 58.7. The first-order chi connectivity index (χ1) is 6.63. The van der Waals surface area contributed by atoms with Gasteiger partial charge in [-0.15, -0.1) is 0 Å². The fraction of sp³-hybridized carbons (Fsp3) is 0.857. The van der Waals surface area contributed by atoms with Crippen LogP contribution in [-0.4, -0.2) is 36.9 Å². The van der Waals surface area contributed by atoms with Crippen LogP contribution in [0.5, 0.6) is 0 Å². The fourth-order valence-corrected chi connectivity index (χ4v) is 1.79. The second-order valence-electron chi connectivity index (χ2n) is 3.28. The summed E-state index contributed by atoms with van der Waals surface area (Å²) >= 11 is 0. The van der Waals surface area contributed by atoms with Crippen LogP contribution in [0.2, 0.25) is 0 Å². The van der Waals surface area contributed by atoms with Crippen LogP contribution in [0.15, 0.2) is 0 Å². The Hall–Kier alpha value is -0.180. The predicted molar refractivity (Wildman–Crippen MR) is 55.6 cm³/mol. The van der Waals surface area contributed by atoms with E-state index in [-0.39, 0.29) is 18.6 Å². The summed E-state index contributed by atoms with van der Waals surface area (Å²) in [4.78, 5) is 0. The summed E-state index contributed by atoms with van der Waals surface area (Å²) in [5.74, 6) is -0.343. The maximum absolute atomic E-state index is 10.6. The van der Waals surface area contributed by atoms with E-state index in [1.807, 2.05) is 0 Å². The van der Waals surface area contributed by atoms with Gasteiger partial charge in [-0.3, -0.25) is 9.11 Å². The lowest BCUT2D eigenvalue weighted by atomic mass is 10.2. The van der Waals surface area contributed by atoms with Gasteiger partial charge in [-0.2, -0.15) is 16.8 Å². The zero-order valence-corrected chi connectivity index (χ0v) is 9.96. The average molecular weight is 259 g/mol. The highest BCUT2D eigenvalue weighted by Gasteiger charge is 2.16. The normalized spacial score (nSPS) is 15.1. The molecule has 6 nitrogen and oxygen atoms in total. The Morgan fingerprint density at radius 3 is 2.13 bits per heavy atom. The monoisotopic (exact) mass is 259 g/mol. The molecule has 0 bridgehead atoms. The number of hydrogen-bond acceptors (Lipinski definition) is 4. The zero-order chi connectivity index (χ0) is 12.1. The average Bonchev–Trinajstić information content (AvgIpc) is 1.99. The molecule has 2 N–H and O–H groups in total. The van der Waals surface area contributed by atoms with Crippen LogP contribution in [0.1, 0.15) is 26.2 Å². The van der Waals surface area contributed by atoms with Gasteiger partial charge in [-0.05, 0) is 32.6 Å². The lowest BCUT2D eigenvalue weighted by molar-refractivity contribution is 0.467. The molecule has 0 aliphatic rings. The molecular formula is C7H15O6S2. The van der Waals surface area contributed by atoms with Gasteiger partial charge < -0.3 is 0 Å². The molecule has 0 saturated carbocycles. The van der Waals surface area contributed by atoms with Crippen molar-refractivity contribution in [1.82, 2.24) is 0 Å². The minimum atomic E-state index is -4.02. The maximum atomic E-state index is 10.6. The van der Waals surface area contributed by atoms with E-state index in [9.17, 15) is 16.8 Å². The Balaban J connectivity index is 3.65. The predicted octanol–water partition coefficient (Wildman–Crippen LogP) is 0.525. The van der Waals surface area contributed by atoms with Crippen molar-refractivity contribution in [2.45, 2.75) is 31.4 Å². The summed E-state index contributed by atoms with van der Waals surface area (Å²) in [6, 6.07) is 0. The third-order valence-corrected chi connectivity index (χ3v) is 3.83. The van der Waals surface area contributed by atoms with Gasteiger partial charge in [0.1, 0.15) is 0 Å². The molecule has 1 radical (unpaired) electrons. The van der Waals surface area contributed by atoms with Gasteiger partial charge in [0.25, 0.3) is 20.2 Å². The minimum Gasteiger partial charge on any atom is -0.286 e. The molecule has 0 spiro atoms. The molecule has 91 valence electrons. The van der Waals surface area contributed by atoms with Crippen LogP contribution in [0.4, 0.5) is 0 Å². The zero-order valence-electron chi connectivity index (χ0n) is 8.33. The van der Waals surface area contributed by atoms with E-state index in [1.165, 1.54) is 6.92 Å². The Bertz CT molecular complexity index is 368. The van der Waals surface area contributed by atoms with E-state index in [2.05, 4.69) is 0 Å². The molecule has 0 aromatic rings. The van der Waals surface area contributed by atoms with Gasteiger partial charge in [-0.25, -0.2) is 0 Å². The first-order valence-electron chi connectivity index (χ1n) is 4.36. The molecule has 0 saturated heterocycles. The molecule has 1 unspecified atom stereocenters. The van der Waals surface area contributed by atoms with E-state index in [4.69, 9.17) is 9.11 Å². The maximum Gasteiger partial charge on any atom is 0.267 e. The van der Waals surface area contributed by atoms with Gasteiger partial charge in [0.05, 0.1) is 11.0 Å². The van der Waals surface area contributed by atoms with Gasteiger partial charge in [0.15, 0.2) is 0 Å². The lowest BCUT2D eigenvalue weighted by Crippen LogP contribution is -2.16. The molecule has 15 heavy (non-hydrogen) atoms. The molecule has 0 aromatic heterocycles. The topological polar surface area (TPSA) is 109 Å². The Kier molecular flexibility index (Phi) is 5.71. The Labute approximate surface area is 90.2 Å². The molecule has 0 aliphatic heterocycles. The van der Waals surface area contributed by atoms with Crippen molar-refractivity contribution in [3.8, 4) is 0 Å². The van der Waals surface area contributed by atoms with Gasteiger partial charge >= 0.3 is 0 Å². The fourth-order valence-electron chi connectivity index (χ4n) is 0.884.